The van der Waals surface area contributed by atoms with Gasteiger partial charge in [-0.3, -0.25) is 9.48 Å². The van der Waals surface area contributed by atoms with Crippen LogP contribution in [-0.2, 0) is 13.1 Å². The van der Waals surface area contributed by atoms with E-state index < -0.39 is 5.97 Å². The highest BCUT2D eigenvalue weighted by atomic mass is 32.1. The number of aromatic nitrogens is 3. The third kappa shape index (κ3) is 3.90. The Labute approximate surface area is 160 Å². The molecule has 0 aliphatic heterocycles. The molecule has 0 radical (unpaired) electrons. The molecule has 3 rings (SSSR count). The van der Waals surface area contributed by atoms with Crippen LogP contribution < -0.4 is 5.32 Å². The molecule has 0 aliphatic carbocycles. The second-order valence-electron chi connectivity index (χ2n) is 6.09. The number of nitrogens with one attached hydrogen (secondary N) is 1. The highest BCUT2D eigenvalue weighted by molar-refractivity contribution is 7.13. The number of hydrogen-bond donors (Lipinski definition) is 2. The number of aromatic carboxylic acids is 1. The zero-order valence-electron chi connectivity index (χ0n) is 15.3. The van der Waals surface area contributed by atoms with Crippen molar-refractivity contribution in [2.24, 2.45) is 0 Å². The molecule has 1 amide bonds. The average molecular weight is 384 g/mol. The average Bonchev–Trinajstić information content (AvgIpc) is 3.25. The maximum absolute atomic E-state index is 12.6. The van der Waals surface area contributed by atoms with Gasteiger partial charge in [-0.15, -0.1) is 11.3 Å². The van der Waals surface area contributed by atoms with Gasteiger partial charge in [-0.25, -0.2) is 9.78 Å². The number of carbonyl (C=O) groups excluding carboxylic acids is 1. The summed E-state index contributed by atoms with van der Waals surface area (Å²) in [6, 6.07) is 7.55. The fraction of sp³-hybridized carbons (Fsp3) is 0.263. The van der Waals surface area contributed by atoms with Gasteiger partial charge in [0.05, 0.1) is 11.3 Å². The largest absolute Gasteiger partial charge is 0.476 e. The molecule has 0 aliphatic rings. The summed E-state index contributed by atoms with van der Waals surface area (Å²) in [5.41, 5.74) is 3.94. The molecular formula is C19H20N4O3S. The molecule has 0 atom stereocenters. The molecular weight excluding hydrogens is 364 g/mol. The van der Waals surface area contributed by atoms with E-state index in [9.17, 15) is 9.59 Å². The number of thiazole rings is 1. The predicted octanol–water partition coefficient (Wildman–Crippen LogP) is 3.27. The summed E-state index contributed by atoms with van der Waals surface area (Å²) >= 11 is 1.28. The standard InChI is InChI=1S/C19H20N4O3S/c1-4-23-12(3)16(11(2)22-23)17(24)20-9-13-6-5-7-14(8-13)18-21-15(10-27-18)19(25)26/h5-8,10H,4,9H2,1-3H3,(H,20,24)(H,25,26). The van der Waals surface area contributed by atoms with Crippen molar-refractivity contribution < 1.29 is 14.7 Å². The van der Waals surface area contributed by atoms with Gasteiger partial charge >= 0.3 is 5.97 Å². The van der Waals surface area contributed by atoms with E-state index in [-0.39, 0.29) is 11.6 Å². The van der Waals surface area contributed by atoms with Crippen molar-refractivity contribution in [3.8, 4) is 10.6 Å². The number of benzene rings is 1. The molecule has 140 valence electrons. The Morgan fingerprint density at radius 2 is 2.07 bits per heavy atom. The van der Waals surface area contributed by atoms with Crippen molar-refractivity contribution in [2.45, 2.75) is 33.9 Å². The van der Waals surface area contributed by atoms with Crippen LogP contribution in [0.3, 0.4) is 0 Å². The van der Waals surface area contributed by atoms with Crippen molar-refractivity contribution in [1.82, 2.24) is 20.1 Å². The Kier molecular flexibility index (Phi) is 5.36. The van der Waals surface area contributed by atoms with E-state index in [1.807, 2.05) is 49.7 Å². The van der Waals surface area contributed by atoms with Crippen molar-refractivity contribution >= 4 is 23.2 Å². The van der Waals surface area contributed by atoms with Gasteiger partial charge in [0.1, 0.15) is 5.01 Å². The summed E-state index contributed by atoms with van der Waals surface area (Å²) in [4.78, 5) is 27.7. The number of amides is 1. The summed E-state index contributed by atoms with van der Waals surface area (Å²) in [6.45, 7) is 6.79. The molecule has 0 fully saturated rings. The minimum Gasteiger partial charge on any atom is -0.476 e. The summed E-state index contributed by atoms with van der Waals surface area (Å²) in [5, 5.41) is 18.5. The zero-order chi connectivity index (χ0) is 19.6. The fourth-order valence-corrected chi connectivity index (χ4v) is 3.71. The number of nitrogens with zero attached hydrogens (tertiary/aromatic N) is 3. The molecule has 27 heavy (non-hydrogen) atoms. The summed E-state index contributed by atoms with van der Waals surface area (Å²) in [7, 11) is 0. The van der Waals surface area contributed by atoms with E-state index in [1.54, 1.807) is 0 Å². The third-order valence-electron chi connectivity index (χ3n) is 4.26. The molecule has 2 heterocycles. The zero-order valence-corrected chi connectivity index (χ0v) is 16.1. The Balaban J connectivity index is 1.74. The van der Waals surface area contributed by atoms with Crippen LogP contribution in [0, 0.1) is 13.8 Å². The first-order chi connectivity index (χ1) is 12.9. The highest BCUT2D eigenvalue weighted by Crippen LogP contribution is 2.24. The lowest BCUT2D eigenvalue weighted by atomic mass is 10.1. The lowest BCUT2D eigenvalue weighted by molar-refractivity contribution is 0.0691. The molecule has 0 spiro atoms. The van der Waals surface area contributed by atoms with Crippen LogP contribution in [0.15, 0.2) is 29.6 Å². The van der Waals surface area contributed by atoms with Gasteiger partial charge in [0, 0.05) is 29.7 Å². The molecule has 2 aromatic heterocycles. The maximum atomic E-state index is 12.6. The monoisotopic (exact) mass is 384 g/mol. The summed E-state index contributed by atoms with van der Waals surface area (Å²) < 4.78 is 1.81. The SMILES string of the molecule is CCn1nc(C)c(C(=O)NCc2cccc(-c3nc(C(=O)O)cs3)c2)c1C. The molecule has 0 saturated carbocycles. The Hall–Kier alpha value is -3.00. The van der Waals surface area contributed by atoms with Crippen molar-refractivity contribution in [2.75, 3.05) is 0 Å². The van der Waals surface area contributed by atoms with Crippen LogP contribution in [0.2, 0.25) is 0 Å². The molecule has 8 heteroatoms. The minimum absolute atomic E-state index is 0.0348. The van der Waals surface area contributed by atoms with Gasteiger partial charge in [0.15, 0.2) is 5.69 Å². The topological polar surface area (TPSA) is 97.1 Å². The van der Waals surface area contributed by atoms with E-state index in [1.165, 1.54) is 16.7 Å². The van der Waals surface area contributed by atoms with E-state index in [4.69, 9.17) is 5.11 Å². The van der Waals surface area contributed by atoms with Crippen LogP contribution in [0.25, 0.3) is 10.6 Å². The second kappa shape index (κ2) is 7.71. The number of carboxylic acid groups (broad SMARTS) is 1. The molecule has 1 aromatic carbocycles. The first kappa shape index (κ1) is 18.8. The van der Waals surface area contributed by atoms with Crippen LogP contribution in [0.4, 0.5) is 0 Å². The Morgan fingerprint density at radius 1 is 1.30 bits per heavy atom. The lowest BCUT2D eigenvalue weighted by Crippen LogP contribution is -2.24. The number of rotatable bonds is 6. The molecule has 0 unspecified atom stereocenters. The third-order valence-corrected chi connectivity index (χ3v) is 5.15. The molecule has 2 N–H and O–H groups in total. The van der Waals surface area contributed by atoms with Crippen LogP contribution in [0.1, 0.15) is 44.7 Å². The second-order valence-corrected chi connectivity index (χ2v) is 6.95. The summed E-state index contributed by atoms with van der Waals surface area (Å²) in [6.07, 6.45) is 0. The van der Waals surface area contributed by atoms with Crippen molar-refractivity contribution in [3.05, 3.63) is 57.9 Å². The lowest BCUT2D eigenvalue weighted by Gasteiger charge is -2.07. The quantitative estimate of drug-likeness (QED) is 0.680. The van der Waals surface area contributed by atoms with E-state index >= 15 is 0 Å². The number of carboxylic acids is 1. The maximum Gasteiger partial charge on any atom is 0.355 e. The number of aryl methyl sites for hydroxylation is 2. The Morgan fingerprint density at radius 3 is 2.70 bits per heavy atom. The molecule has 0 bridgehead atoms. The van der Waals surface area contributed by atoms with Gasteiger partial charge in [0.2, 0.25) is 0 Å². The van der Waals surface area contributed by atoms with Crippen LogP contribution >= 0.6 is 11.3 Å². The van der Waals surface area contributed by atoms with E-state index in [0.717, 1.165) is 16.8 Å². The van der Waals surface area contributed by atoms with Crippen molar-refractivity contribution in [3.63, 3.8) is 0 Å². The normalized spacial score (nSPS) is 10.8. The van der Waals surface area contributed by atoms with Crippen LogP contribution in [0.5, 0.6) is 0 Å². The number of hydrogen-bond acceptors (Lipinski definition) is 5. The van der Waals surface area contributed by atoms with Crippen LogP contribution in [-0.4, -0.2) is 31.7 Å². The molecule has 0 saturated heterocycles. The highest BCUT2D eigenvalue weighted by Gasteiger charge is 2.18. The molecule has 3 aromatic rings. The fourth-order valence-electron chi connectivity index (χ4n) is 2.92. The molecule has 7 nitrogen and oxygen atoms in total. The summed E-state index contributed by atoms with van der Waals surface area (Å²) in [5.74, 6) is -1.20. The smallest absolute Gasteiger partial charge is 0.355 e. The van der Waals surface area contributed by atoms with Gasteiger partial charge in [-0.2, -0.15) is 5.10 Å². The first-order valence-electron chi connectivity index (χ1n) is 8.51. The Bertz CT molecular complexity index is 1010. The number of carbonyl (C=O) groups is 2. The van der Waals surface area contributed by atoms with Gasteiger partial charge in [-0.05, 0) is 32.4 Å². The van der Waals surface area contributed by atoms with E-state index in [2.05, 4.69) is 15.4 Å². The predicted molar refractivity (Wildman–Crippen MR) is 103 cm³/mol. The first-order valence-corrected chi connectivity index (χ1v) is 9.39. The van der Waals surface area contributed by atoms with E-state index in [0.29, 0.717) is 29.4 Å². The van der Waals surface area contributed by atoms with Gasteiger partial charge < -0.3 is 10.4 Å². The van der Waals surface area contributed by atoms with Crippen molar-refractivity contribution in [1.29, 1.82) is 0 Å². The van der Waals surface area contributed by atoms with Gasteiger partial charge in [-0.1, -0.05) is 18.2 Å². The van der Waals surface area contributed by atoms with Gasteiger partial charge in [0.25, 0.3) is 5.91 Å². The minimum atomic E-state index is -1.04.